The molecule has 0 aromatic heterocycles. The van der Waals surface area contributed by atoms with Gasteiger partial charge in [0.05, 0.1) is 11.4 Å². The lowest BCUT2D eigenvalue weighted by molar-refractivity contribution is -0.116. The first-order valence-corrected chi connectivity index (χ1v) is 10.2. The van der Waals surface area contributed by atoms with Crippen LogP contribution >= 0.6 is 11.8 Å². The average Bonchev–Trinajstić information content (AvgIpc) is 3.04. The maximum atomic E-state index is 12.2. The summed E-state index contributed by atoms with van der Waals surface area (Å²) in [5, 5.41) is 3.15. The number of sulfonamides is 1. The molecule has 0 bridgehead atoms. The van der Waals surface area contributed by atoms with E-state index in [1.807, 2.05) is 6.92 Å². The molecule has 0 radical (unpaired) electrons. The molecule has 24 heavy (non-hydrogen) atoms. The third-order valence-corrected chi connectivity index (χ3v) is 5.53. The van der Waals surface area contributed by atoms with Crippen molar-refractivity contribution >= 4 is 38.5 Å². The first kappa shape index (κ1) is 18.8. The molecule has 1 aromatic carbocycles. The number of hydrogen-bond acceptors (Lipinski definition) is 6. The highest BCUT2D eigenvalue weighted by molar-refractivity contribution is 8.15. The van der Waals surface area contributed by atoms with Gasteiger partial charge in [-0.05, 0) is 37.6 Å². The van der Waals surface area contributed by atoms with Crippen molar-refractivity contribution < 1.29 is 17.9 Å². The number of aliphatic imine (C=N–C) groups is 1. The second-order valence-corrected chi connectivity index (χ2v) is 7.78. The summed E-state index contributed by atoms with van der Waals surface area (Å²) in [6, 6.07) is 6.05. The number of carbonyl (C=O) groups is 1. The van der Waals surface area contributed by atoms with Crippen molar-refractivity contribution in [3.05, 3.63) is 24.3 Å². The lowest BCUT2D eigenvalue weighted by Crippen LogP contribution is -2.27. The fourth-order valence-corrected chi connectivity index (χ4v) is 4.02. The zero-order valence-electron chi connectivity index (χ0n) is 13.4. The van der Waals surface area contributed by atoms with Crippen molar-refractivity contribution in [2.24, 2.45) is 4.99 Å². The minimum absolute atomic E-state index is 0.125. The van der Waals surface area contributed by atoms with Crippen LogP contribution in [0.3, 0.4) is 0 Å². The van der Waals surface area contributed by atoms with Gasteiger partial charge in [0.1, 0.15) is 0 Å². The zero-order chi connectivity index (χ0) is 17.4. The molecule has 1 aliphatic rings. The van der Waals surface area contributed by atoms with Gasteiger partial charge in [0.15, 0.2) is 5.17 Å². The number of carbonyl (C=O) groups excluding carboxylic acids is 1. The van der Waals surface area contributed by atoms with Gasteiger partial charge in [0.2, 0.25) is 5.91 Å². The second kappa shape index (κ2) is 9.05. The van der Waals surface area contributed by atoms with Crippen molar-refractivity contribution in [3.63, 3.8) is 0 Å². The number of hydrogen-bond donors (Lipinski definition) is 2. The van der Waals surface area contributed by atoms with Crippen molar-refractivity contribution in [1.82, 2.24) is 4.72 Å². The molecule has 1 heterocycles. The number of nitrogens with zero attached hydrogens (tertiary/aromatic N) is 1. The Kier molecular flexibility index (Phi) is 7.07. The molecule has 9 heteroatoms. The van der Waals surface area contributed by atoms with Gasteiger partial charge in [-0.15, -0.1) is 0 Å². The number of anilines is 1. The Morgan fingerprint density at radius 3 is 2.71 bits per heavy atom. The minimum Gasteiger partial charge on any atom is -0.382 e. The number of thioether (sulfide) groups is 1. The van der Waals surface area contributed by atoms with E-state index in [9.17, 15) is 13.2 Å². The van der Waals surface area contributed by atoms with E-state index < -0.39 is 10.0 Å². The van der Waals surface area contributed by atoms with Crippen LogP contribution in [0, 0.1) is 0 Å². The molecule has 1 amide bonds. The molecule has 1 aliphatic heterocycles. The van der Waals surface area contributed by atoms with E-state index in [2.05, 4.69) is 15.0 Å². The van der Waals surface area contributed by atoms with Crippen LogP contribution < -0.4 is 10.0 Å². The number of amidine groups is 1. The smallest absolute Gasteiger partial charge is 0.263 e. The monoisotopic (exact) mass is 371 g/mol. The first-order valence-electron chi connectivity index (χ1n) is 7.69. The van der Waals surface area contributed by atoms with Crippen molar-refractivity contribution in [1.29, 1.82) is 0 Å². The van der Waals surface area contributed by atoms with Crippen LogP contribution in [0.25, 0.3) is 0 Å². The van der Waals surface area contributed by atoms with Gasteiger partial charge in [0, 0.05) is 31.1 Å². The van der Waals surface area contributed by atoms with Crippen LogP contribution in [0.5, 0.6) is 0 Å². The molecule has 0 unspecified atom stereocenters. The highest BCUT2D eigenvalue weighted by Crippen LogP contribution is 2.17. The summed E-state index contributed by atoms with van der Waals surface area (Å²) in [5.41, 5.74) is 0.558. The molecule has 2 N–H and O–H groups in total. The average molecular weight is 371 g/mol. The summed E-state index contributed by atoms with van der Waals surface area (Å²) in [5.74, 6) is 0.659. The van der Waals surface area contributed by atoms with E-state index in [4.69, 9.17) is 4.74 Å². The zero-order valence-corrected chi connectivity index (χ0v) is 15.1. The van der Waals surface area contributed by atoms with Crippen LogP contribution in [-0.4, -0.2) is 45.0 Å². The van der Waals surface area contributed by atoms with Gasteiger partial charge in [-0.3, -0.25) is 14.5 Å². The summed E-state index contributed by atoms with van der Waals surface area (Å²) >= 11 is 1.38. The van der Waals surface area contributed by atoms with Crippen LogP contribution in [0.15, 0.2) is 34.2 Å². The van der Waals surface area contributed by atoms with E-state index in [1.54, 1.807) is 12.1 Å². The fraction of sp³-hybridized carbons (Fsp3) is 0.467. The van der Waals surface area contributed by atoms with Crippen LogP contribution in [0.1, 0.15) is 19.8 Å². The van der Waals surface area contributed by atoms with E-state index >= 15 is 0 Å². The molecule has 0 spiro atoms. The lowest BCUT2D eigenvalue weighted by Gasteiger charge is -2.09. The Balaban J connectivity index is 1.89. The van der Waals surface area contributed by atoms with Crippen LogP contribution in [0.4, 0.5) is 5.69 Å². The predicted molar refractivity (Wildman–Crippen MR) is 95.9 cm³/mol. The highest BCUT2D eigenvalue weighted by atomic mass is 32.2. The minimum atomic E-state index is -3.64. The predicted octanol–water partition coefficient (Wildman–Crippen LogP) is 1.82. The quantitative estimate of drug-likeness (QED) is 0.680. The summed E-state index contributed by atoms with van der Waals surface area (Å²) in [7, 11) is -3.64. The SMILES string of the molecule is CCOCCCC(=O)Nc1ccc(S(=O)(=O)NC2=NCCS2)cc1. The van der Waals surface area contributed by atoms with Gasteiger partial charge >= 0.3 is 0 Å². The van der Waals surface area contributed by atoms with E-state index in [0.29, 0.717) is 43.5 Å². The number of rotatable bonds is 8. The van der Waals surface area contributed by atoms with E-state index in [1.165, 1.54) is 23.9 Å². The molecular weight excluding hydrogens is 350 g/mol. The Hall–Kier alpha value is -1.58. The summed E-state index contributed by atoms with van der Waals surface area (Å²) in [4.78, 5) is 16.0. The number of ether oxygens (including phenoxy) is 1. The molecule has 0 fully saturated rings. The van der Waals surface area contributed by atoms with Crippen molar-refractivity contribution in [2.75, 3.05) is 30.8 Å². The summed E-state index contributed by atoms with van der Waals surface area (Å²) in [6.07, 6.45) is 1.01. The second-order valence-electron chi connectivity index (χ2n) is 5.01. The van der Waals surface area contributed by atoms with Crippen molar-refractivity contribution in [3.8, 4) is 0 Å². The Morgan fingerprint density at radius 1 is 1.33 bits per heavy atom. The van der Waals surface area contributed by atoms with Gasteiger partial charge in [0.25, 0.3) is 10.0 Å². The standard InChI is InChI=1S/C15H21N3O4S2/c1-2-22-10-3-4-14(19)17-12-5-7-13(8-6-12)24(20,21)18-15-16-9-11-23-15/h5-8H,2-4,9-11H2,1H3,(H,16,18)(H,17,19). The van der Waals surface area contributed by atoms with Gasteiger partial charge in [-0.1, -0.05) is 11.8 Å². The molecule has 0 saturated carbocycles. The normalized spacial score (nSPS) is 14.3. The molecule has 0 saturated heterocycles. The van der Waals surface area contributed by atoms with E-state index in [-0.39, 0.29) is 10.8 Å². The largest absolute Gasteiger partial charge is 0.382 e. The maximum Gasteiger partial charge on any atom is 0.263 e. The summed E-state index contributed by atoms with van der Waals surface area (Å²) < 4.78 is 32.1. The molecular formula is C15H21N3O4S2. The van der Waals surface area contributed by atoms with E-state index in [0.717, 1.165) is 5.75 Å². The molecule has 2 rings (SSSR count). The molecule has 0 atom stereocenters. The molecule has 0 aliphatic carbocycles. The fourth-order valence-electron chi connectivity index (χ4n) is 1.99. The van der Waals surface area contributed by atoms with Crippen LogP contribution in [0.2, 0.25) is 0 Å². The van der Waals surface area contributed by atoms with Gasteiger partial charge in [-0.25, -0.2) is 8.42 Å². The highest BCUT2D eigenvalue weighted by Gasteiger charge is 2.18. The van der Waals surface area contributed by atoms with Crippen LogP contribution in [-0.2, 0) is 19.6 Å². The van der Waals surface area contributed by atoms with Gasteiger partial charge < -0.3 is 10.1 Å². The maximum absolute atomic E-state index is 12.2. The Bertz CT molecular complexity index is 687. The summed E-state index contributed by atoms with van der Waals surface area (Å²) in [6.45, 7) is 3.71. The number of nitrogens with one attached hydrogen (secondary N) is 2. The molecule has 1 aromatic rings. The third kappa shape index (κ3) is 5.81. The topological polar surface area (TPSA) is 96.9 Å². The Labute approximate surface area is 146 Å². The lowest BCUT2D eigenvalue weighted by atomic mass is 10.2. The van der Waals surface area contributed by atoms with Crippen molar-refractivity contribution in [2.45, 2.75) is 24.7 Å². The third-order valence-electron chi connectivity index (χ3n) is 3.15. The molecule has 132 valence electrons. The van der Waals surface area contributed by atoms with Gasteiger partial charge in [-0.2, -0.15) is 0 Å². The number of amides is 1. The number of benzene rings is 1. The first-order chi connectivity index (χ1) is 11.5. The molecule has 7 nitrogen and oxygen atoms in total. The Morgan fingerprint density at radius 2 is 2.08 bits per heavy atom.